The van der Waals surface area contributed by atoms with Gasteiger partial charge in [-0.3, -0.25) is 4.98 Å². The molecule has 0 spiro atoms. The maximum atomic E-state index is 12.8. The van der Waals surface area contributed by atoms with Crippen molar-refractivity contribution in [2.75, 3.05) is 26.6 Å². The van der Waals surface area contributed by atoms with Crippen LogP contribution in [0.5, 0.6) is 5.75 Å². The van der Waals surface area contributed by atoms with Crippen molar-refractivity contribution < 1.29 is 22.4 Å². The van der Waals surface area contributed by atoms with Gasteiger partial charge in [-0.25, -0.2) is 8.42 Å². The third kappa shape index (κ3) is 3.69. The van der Waals surface area contributed by atoms with Crippen LogP contribution >= 0.6 is 0 Å². The highest BCUT2D eigenvalue weighted by molar-refractivity contribution is 7.91. The summed E-state index contributed by atoms with van der Waals surface area (Å²) in [6, 6.07) is 5.39. The van der Waals surface area contributed by atoms with Crippen LogP contribution in [-0.4, -0.2) is 49.7 Å². The fourth-order valence-electron chi connectivity index (χ4n) is 4.90. The molecule has 1 aliphatic heterocycles. The predicted octanol–water partition coefficient (Wildman–Crippen LogP) is 4.30. The Kier molecular flexibility index (Phi) is 5.41. The van der Waals surface area contributed by atoms with E-state index < -0.39 is 9.84 Å². The zero-order valence-electron chi connectivity index (χ0n) is 19.2. The highest BCUT2D eigenvalue weighted by atomic mass is 32.2. The van der Waals surface area contributed by atoms with Crippen LogP contribution in [0.2, 0.25) is 0 Å². The van der Waals surface area contributed by atoms with Crippen LogP contribution in [0.3, 0.4) is 0 Å². The number of hydrogen-bond acceptors (Lipinski definition) is 7. The quantitative estimate of drug-likeness (QED) is 0.430. The van der Waals surface area contributed by atoms with Crippen LogP contribution in [0, 0.1) is 19.8 Å². The van der Waals surface area contributed by atoms with Gasteiger partial charge in [0.2, 0.25) is 0 Å². The molecule has 0 atom stereocenters. The first-order valence-corrected chi connectivity index (χ1v) is 12.9. The van der Waals surface area contributed by atoms with Crippen molar-refractivity contribution in [3.63, 3.8) is 0 Å². The summed E-state index contributed by atoms with van der Waals surface area (Å²) in [7, 11) is -1.89. The van der Waals surface area contributed by atoms with Crippen molar-refractivity contribution in [2.45, 2.75) is 38.1 Å². The molecule has 0 radical (unpaired) electrons. The Balaban J connectivity index is 1.86. The third-order valence-corrected chi connectivity index (χ3v) is 7.62. The normalized spacial score (nSPS) is 15.5. The largest absolute Gasteiger partial charge is 0.496 e. The smallest absolute Gasteiger partial charge is 0.177 e. The summed E-state index contributed by atoms with van der Waals surface area (Å²) in [6.07, 6.45) is 4.89. The molecule has 4 heterocycles. The van der Waals surface area contributed by atoms with Crippen LogP contribution in [0.25, 0.3) is 33.1 Å². The van der Waals surface area contributed by atoms with Gasteiger partial charge in [-0.05, 0) is 50.8 Å². The van der Waals surface area contributed by atoms with Gasteiger partial charge in [-0.1, -0.05) is 5.16 Å². The molecule has 0 aliphatic carbocycles. The fourth-order valence-corrected chi connectivity index (χ4v) is 5.78. The van der Waals surface area contributed by atoms with E-state index in [9.17, 15) is 8.42 Å². The van der Waals surface area contributed by atoms with Crippen LogP contribution in [-0.2, 0) is 21.1 Å². The molecule has 0 saturated carbocycles. The van der Waals surface area contributed by atoms with E-state index in [0.29, 0.717) is 42.3 Å². The number of sulfone groups is 1. The van der Waals surface area contributed by atoms with Gasteiger partial charge < -0.3 is 18.6 Å². The van der Waals surface area contributed by atoms with E-state index in [4.69, 9.17) is 19.0 Å². The van der Waals surface area contributed by atoms with Gasteiger partial charge in [0.05, 0.1) is 39.6 Å². The lowest BCUT2D eigenvalue weighted by molar-refractivity contribution is 0.0619. The lowest BCUT2D eigenvalue weighted by Crippen LogP contribution is -2.20. The van der Waals surface area contributed by atoms with Gasteiger partial charge in [0.15, 0.2) is 9.84 Å². The predicted molar refractivity (Wildman–Crippen MR) is 125 cm³/mol. The van der Waals surface area contributed by atoms with Crippen molar-refractivity contribution in [2.24, 2.45) is 5.92 Å². The Hall–Kier alpha value is -2.91. The van der Waals surface area contributed by atoms with E-state index >= 15 is 0 Å². The molecule has 0 amide bonds. The molecule has 3 aromatic heterocycles. The Morgan fingerprint density at radius 1 is 1.21 bits per heavy atom. The molecule has 1 saturated heterocycles. The van der Waals surface area contributed by atoms with Gasteiger partial charge >= 0.3 is 0 Å². The van der Waals surface area contributed by atoms with E-state index in [0.717, 1.165) is 46.5 Å². The monoisotopic (exact) mass is 469 g/mol. The lowest BCUT2D eigenvalue weighted by atomic mass is 10.00. The van der Waals surface area contributed by atoms with E-state index in [1.54, 1.807) is 25.4 Å². The molecule has 1 fully saturated rings. The second-order valence-electron chi connectivity index (χ2n) is 8.72. The number of hydrogen-bond donors (Lipinski definition) is 0. The maximum Gasteiger partial charge on any atom is 0.177 e. The molecule has 0 bridgehead atoms. The third-order valence-electron chi connectivity index (χ3n) is 6.49. The average Bonchev–Trinajstić information content (AvgIpc) is 3.29. The van der Waals surface area contributed by atoms with Crippen molar-refractivity contribution in [1.29, 1.82) is 0 Å². The summed E-state index contributed by atoms with van der Waals surface area (Å²) in [5.74, 6) is 1.69. The number of nitrogens with zero attached hydrogens (tertiary/aromatic N) is 3. The average molecular weight is 470 g/mol. The maximum absolute atomic E-state index is 12.8. The summed E-state index contributed by atoms with van der Waals surface area (Å²) in [5.41, 5.74) is 4.80. The molecule has 4 aromatic rings. The van der Waals surface area contributed by atoms with Crippen molar-refractivity contribution in [3.8, 4) is 16.9 Å². The molecule has 0 unspecified atom stereocenters. The molecule has 5 rings (SSSR count). The molecule has 33 heavy (non-hydrogen) atoms. The highest BCUT2D eigenvalue weighted by Gasteiger charge is 2.26. The zero-order valence-corrected chi connectivity index (χ0v) is 20.0. The second-order valence-corrected chi connectivity index (χ2v) is 10.7. The number of aromatic nitrogens is 3. The number of fused-ring (bicyclic) bond motifs is 3. The van der Waals surface area contributed by atoms with E-state index in [2.05, 4.69) is 15.8 Å². The highest BCUT2D eigenvalue weighted by Crippen LogP contribution is 2.41. The molecule has 1 aliphatic rings. The first-order valence-electron chi connectivity index (χ1n) is 11.0. The Bertz CT molecular complexity index is 1440. The van der Waals surface area contributed by atoms with Crippen LogP contribution in [0.1, 0.15) is 24.3 Å². The lowest BCUT2D eigenvalue weighted by Gasteiger charge is -2.23. The number of aryl methyl sites for hydroxylation is 2. The number of ether oxygens (including phenoxy) is 2. The van der Waals surface area contributed by atoms with Crippen molar-refractivity contribution in [3.05, 3.63) is 35.9 Å². The van der Waals surface area contributed by atoms with Gasteiger partial charge in [0.25, 0.3) is 0 Å². The van der Waals surface area contributed by atoms with Gasteiger partial charge in [0, 0.05) is 43.3 Å². The van der Waals surface area contributed by atoms with Crippen LogP contribution < -0.4 is 4.74 Å². The minimum Gasteiger partial charge on any atom is -0.496 e. The Morgan fingerprint density at radius 2 is 1.97 bits per heavy atom. The molecule has 0 N–H and O–H groups in total. The molecule has 1 aromatic carbocycles. The summed E-state index contributed by atoms with van der Waals surface area (Å²) in [4.78, 5) is 5.08. The summed E-state index contributed by atoms with van der Waals surface area (Å²) in [5, 5.41) is 4.80. The van der Waals surface area contributed by atoms with Crippen molar-refractivity contribution in [1.82, 2.24) is 14.7 Å². The Labute approximate surface area is 192 Å². The molecular weight excluding hydrogens is 442 g/mol. The van der Waals surface area contributed by atoms with Gasteiger partial charge in [-0.15, -0.1) is 0 Å². The summed E-state index contributed by atoms with van der Waals surface area (Å²) in [6.45, 7) is 5.88. The SMILES string of the molecule is COc1ccc(S(C)(=O)=O)c2c1c1ncc(-c3c(C)noc3C)cc1n2CC1CCOCC1. The first-order chi connectivity index (χ1) is 15.8. The molecule has 174 valence electrons. The standard InChI is InChI=1S/C24H27N3O5S/c1-14-21(15(2)32-26-14)17-11-18-23(25-12-17)22-19(30-3)5-6-20(33(4,28)29)24(22)27(18)13-16-7-9-31-10-8-16/h5-6,11-12,16H,7-10,13H2,1-4H3. The summed E-state index contributed by atoms with van der Waals surface area (Å²) >= 11 is 0. The fraction of sp³-hybridized carbons (Fsp3) is 0.417. The molecule has 9 heteroatoms. The second kappa shape index (κ2) is 8.14. The summed E-state index contributed by atoms with van der Waals surface area (Å²) < 4.78 is 44.3. The van der Waals surface area contributed by atoms with E-state index in [1.807, 2.05) is 13.8 Å². The van der Waals surface area contributed by atoms with Crippen LogP contribution in [0.4, 0.5) is 0 Å². The zero-order chi connectivity index (χ0) is 23.3. The number of benzene rings is 1. The van der Waals surface area contributed by atoms with E-state index in [-0.39, 0.29) is 4.90 Å². The minimum atomic E-state index is -3.49. The number of pyridine rings is 1. The van der Waals surface area contributed by atoms with Gasteiger partial charge in [0.1, 0.15) is 11.5 Å². The molecule has 8 nitrogen and oxygen atoms in total. The topological polar surface area (TPSA) is 96.5 Å². The van der Waals surface area contributed by atoms with Gasteiger partial charge in [-0.2, -0.15) is 0 Å². The minimum absolute atomic E-state index is 0.280. The number of rotatable bonds is 5. The first kappa shape index (κ1) is 21.9. The van der Waals surface area contributed by atoms with Crippen molar-refractivity contribution >= 4 is 31.8 Å². The number of methoxy groups -OCH3 is 1. The molecular formula is C24H27N3O5S. The Morgan fingerprint density at radius 3 is 2.61 bits per heavy atom. The van der Waals surface area contributed by atoms with E-state index in [1.165, 1.54) is 6.26 Å². The van der Waals surface area contributed by atoms with Crippen LogP contribution in [0.15, 0.2) is 33.8 Å².